The van der Waals surface area contributed by atoms with Crippen LogP contribution in [0.3, 0.4) is 0 Å². The Balaban J connectivity index is 2.15. The van der Waals surface area contributed by atoms with E-state index in [9.17, 15) is 22.8 Å². The lowest BCUT2D eigenvalue weighted by atomic mass is 10.0. The summed E-state index contributed by atoms with van der Waals surface area (Å²) in [4.78, 5) is 27.5. The van der Waals surface area contributed by atoms with Gasteiger partial charge in [0.25, 0.3) is 5.91 Å². The lowest BCUT2D eigenvalue weighted by Crippen LogP contribution is -2.42. The molecule has 2 N–H and O–H groups in total. The van der Waals surface area contributed by atoms with E-state index in [0.29, 0.717) is 0 Å². The summed E-state index contributed by atoms with van der Waals surface area (Å²) in [5.41, 5.74) is -2.89. The van der Waals surface area contributed by atoms with E-state index in [1.54, 1.807) is 0 Å². The summed E-state index contributed by atoms with van der Waals surface area (Å²) < 4.78 is 38.8. The number of carbonyl (C=O) groups is 2. The number of nitrogens with one attached hydrogen (secondary N) is 1. The van der Waals surface area contributed by atoms with Crippen molar-refractivity contribution in [2.75, 3.05) is 0 Å². The number of benzene rings is 1. The van der Waals surface area contributed by atoms with Crippen LogP contribution in [0.25, 0.3) is 0 Å². The van der Waals surface area contributed by atoms with Crippen molar-refractivity contribution in [3.8, 4) is 0 Å². The zero-order valence-corrected chi connectivity index (χ0v) is 12.0. The van der Waals surface area contributed by atoms with E-state index in [1.165, 1.54) is 26.0 Å². The minimum Gasteiger partial charge on any atom is -0.479 e. The molecule has 1 aromatic rings. The SMILES string of the molecule is CC(C)(ONC(=O)c1cccc(C2(C(F)(F)F)N=N2)c1)C(=O)O. The van der Waals surface area contributed by atoms with Gasteiger partial charge >= 0.3 is 17.8 Å². The predicted octanol–water partition coefficient (Wildman–Crippen LogP) is 2.39. The maximum Gasteiger partial charge on any atom is 0.442 e. The van der Waals surface area contributed by atoms with Gasteiger partial charge in [-0.25, -0.2) is 10.3 Å². The number of amides is 1. The van der Waals surface area contributed by atoms with E-state index in [2.05, 4.69) is 10.2 Å². The van der Waals surface area contributed by atoms with Crippen LogP contribution >= 0.6 is 0 Å². The molecule has 0 unspecified atom stereocenters. The van der Waals surface area contributed by atoms with E-state index >= 15 is 0 Å². The number of carbonyl (C=O) groups excluding carboxylic acids is 1. The van der Waals surface area contributed by atoms with Crippen LogP contribution in [0.15, 0.2) is 34.5 Å². The lowest BCUT2D eigenvalue weighted by Gasteiger charge is -2.20. The van der Waals surface area contributed by atoms with Crippen molar-refractivity contribution < 1.29 is 32.7 Å². The van der Waals surface area contributed by atoms with Gasteiger partial charge < -0.3 is 5.11 Å². The first kappa shape index (κ1) is 16.9. The largest absolute Gasteiger partial charge is 0.479 e. The standard InChI is InChI=1S/C13H12F3N3O4/c1-11(2,10(21)22)23-17-9(20)7-4-3-5-8(6-7)12(18-19-12)13(14,15)16/h3-6H,1-2H3,(H,17,20)(H,21,22). The van der Waals surface area contributed by atoms with Gasteiger partial charge in [-0.2, -0.15) is 13.2 Å². The molecule has 0 saturated carbocycles. The van der Waals surface area contributed by atoms with Crippen LogP contribution in [0.5, 0.6) is 0 Å². The molecule has 0 aliphatic carbocycles. The van der Waals surface area contributed by atoms with Crippen molar-refractivity contribution >= 4 is 11.9 Å². The molecule has 2 rings (SSSR count). The molecule has 0 saturated heterocycles. The van der Waals surface area contributed by atoms with Crippen molar-refractivity contribution in [2.24, 2.45) is 10.2 Å². The molecule has 0 fully saturated rings. The Labute approximate surface area is 128 Å². The van der Waals surface area contributed by atoms with Crippen LogP contribution in [-0.4, -0.2) is 28.8 Å². The number of alkyl halides is 3. The number of carboxylic acids is 1. The summed E-state index contributed by atoms with van der Waals surface area (Å²) >= 11 is 0. The fourth-order valence-electron chi connectivity index (χ4n) is 1.60. The normalized spacial score (nSPS) is 16.0. The van der Waals surface area contributed by atoms with E-state index in [-0.39, 0.29) is 11.1 Å². The van der Waals surface area contributed by atoms with E-state index in [4.69, 9.17) is 9.94 Å². The zero-order valence-electron chi connectivity index (χ0n) is 12.0. The first-order chi connectivity index (χ1) is 10.5. The molecule has 23 heavy (non-hydrogen) atoms. The summed E-state index contributed by atoms with van der Waals surface area (Å²) in [6, 6.07) is 4.61. The van der Waals surface area contributed by atoms with Gasteiger partial charge in [-0.1, -0.05) is 12.1 Å². The van der Waals surface area contributed by atoms with Crippen LogP contribution < -0.4 is 5.48 Å². The van der Waals surface area contributed by atoms with Gasteiger partial charge in [-0.05, 0) is 26.0 Å². The Morgan fingerprint density at radius 2 is 1.87 bits per heavy atom. The number of rotatable bonds is 5. The Morgan fingerprint density at radius 3 is 2.35 bits per heavy atom. The van der Waals surface area contributed by atoms with Gasteiger partial charge in [-0.15, -0.1) is 10.2 Å². The molecule has 0 aromatic heterocycles. The van der Waals surface area contributed by atoms with Gasteiger partial charge in [0.2, 0.25) is 0 Å². The second kappa shape index (κ2) is 5.30. The maximum absolute atomic E-state index is 12.9. The average molecular weight is 331 g/mol. The van der Waals surface area contributed by atoms with Crippen LogP contribution in [0.4, 0.5) is 13.2 Å². The third-order valence-corrected chi connectivity index (χ3v) is 3.14. The van der Waals surface area contributed by atoms with Crippen LogP contribution in [0, 0.1) is 0 Å². The molecule has 0 radical (unpaired) electrons. The summed E-state index contributed by atoms with van der Waals surface area (Å²) in [5.74, 6) is -2.21. The molecule has 1 heterocycles. The zero-order chi connectivity index (χ0) is 17.5. The molecular weight excluding hydrogens is 319 g/mol. The number of nitrogens with zero attached hydrogens (tertiary/aromatic N) is 2. The fourth-order valence-corrected chi connectivity index (χ4v) is 1.60. The van der Waals surface area contributed by atoms with Crippen molar-refractivity contribution in [1.82, 2.24) is 5.48 Å². The molecule has 1 aromatic carbocycles. The first-order valence-corrected chi connectivity index (χ1v) is 6.33. The maximum atomic E-state index is 12.9. The lowest BCUT2D eigenvalue weighted by molar-refractivity contribution is -0.167. The molecule has 1 aliphatic rings. The molecule has 124 valence electrons. The third kappa shape index (κ3) is 3.16. The summed E-state index contributed by atoms with van der Waals surface area (Å²) in [5, 5.41) is 14.9. The molecule has 7 nitrogen and oxygen atoms in total. The Kier molecular flexibility index (Phi) is 3.89. The molecule has 0 atom stereocenters. The smallest absolute Gasteiger partial charge is 0.442 e. The molecule has 0 bridgehead atoms. The Bertz CT molecular complexity index is 679. The molecule has 1 amide bonds. The monoisotopic (exact) mass is 331 g/mol. The fraction of sp³-hybridized carbons (Fsp3) is 0.385. The minimum atomic E-state index is -4.70. The third-order valence-electron chi connectivity index (χ3n) is 3.14. The number of halogens is 3. The highest BCUT2D eigenvalue weighted by Crippen LogP contribution is 2.52. The van der Waals surface area contributed by atoms with Gasteiger partial charge in [0.05, 0.1) is 0 Å². The molecular formula is C13H12F3N3O4. The molecule has 10 heteroatoms. The second-order valence-corrected chi connectivity index (χ2v) is 5.30. The summed E-state index contributed by atoms with van der Waals surface area (Å²) in [6.45, 7) is 2.40. The number of aliphatic carboxylic acids is 1. The quantitative estimate of drug-likeness (QED) is 0.809. The Hall–Kier alpha value is -2.49. The van der Waals surface area contributed by atoms with Crippen molar-refractivity contribution in [1.29, 1.82) is 0 Å². The van der Waals surface area contributed by atoms with E-state index in [0.717, 1.165) is 12.1 Å². The summed E-state index contributed by atoms with van der Waals surface area (Å²) in [7, 11) is 0. The van der Waals surface area contributed by atoms with Gasteiger partial charge in [0, 0.05) is 11.1 Å². The highest BCUT2D eigenvalue weighted by molar-refractivity contribution is 5.93. The second-order valence-electron chi connectivity index (χ2n) is 5.30. The molecule has 0 spiro atoms. The van der Waals surface area contributed by atoms with Crippen LogP contribution in [0.2, 0.25) is 0 Å². The van der Waals surface area contributed by atoms with E-state index < -0.39 is 29.3 Å². The highest BCUT2D eigenvalue weighted by atomic mass is 19.4. The van der Waals surface area contributed by atoms with Gasteiger partial charge in [-0.3, -0.25) is 9.63 Å². The molecule has 1 aliphatic heterocycles. The topological polar surface area (TPSA) is 100 Å². The van der Waals surface area contributed by atoms with Crippen molar-refractivity contribution in [2.45, 2.75) is 31.3 Å². The van der Waals surface area contributed by atoms with E-state index in [1.807, 2.05) is 5.48 Å². The average Bonchev–Trinajstić information content (AvgIpc) is 3.26. The number of hydrogen-bond donors (Lipinski definition) is 2. The number of hydrogen-bond acceptors (Lipinski definition) is 5. The number of hydroxylamine groups is 1. The van der Waals surface area contributed by atoms with Crippen molar-refractivity contribution in [3.63, 3.8) is 0 Å². The highest BCUT2D eigenvalue weighted by Gasteiger charge is 2.65. The van der Waals surface area contributed by atoms with Crippen LogP contribution in [-0.2, 0) is 15.3 Å². The minimum absolute atomic E-state index is 0.149. The summed E-state index contributed by atoms with van der Waals surface area (Å²) in [6.07, 6.45) is -4.70. The predicted molar refractivity (Wildman–Crippen MR) is 69.3 cm³/mol. The first-order valence-electron chi connectivity index (χ1n) is 6.33. The number of carboxylic acid groups (broad SMARTS) is 1. The van der Waals surface area contributed by atoms with Gasteiger partial charge in [0.1, 0.15) is 0 Å². The van der Waals surface area contributed by atoms with Crippen molar-refractivity contribution in [3.05, 3.63) is 35.4 Å². The van der Waals surface area contributed by atoms with Crippen LogP contribution in [0.1, 0.15) is 29.8 Å². The van der Waals surface area contributed by atoms with Gasteiger partial charge in [0.15, 0.2) is 5.60 Å². The Morgan fingerprint density at radius 1 is 1.26 bits per heavy atom.